The van der Waals surface area contributed by atoms with Gasteiger partial charge in [0, 0.05) is 15.6 Å². The summed E-state index contributed by atoms with van der Waals surface area (Å²) in [7, 11) is 1.48. The van der Waals surface area contributed by atoms with Crippen molar-refractivity contribution in [2.75, 3.05) is 13.7 Å². The molecule has 3 aromatic rings. The molecule has 12 heteroatoms. The van der Waals surface area contributed by atoms with Crippen LogP contribution < -0.4 is 14.2 Å². The van der Waals surface area contributed by atoms with E-state index >= 15 is 0 Å². The third-order valence-corrected chi connectivity index (χ3v) is 7.30. The smallest absolute Gasteiger partial charge is 0.283 e. The summed E-state index contributed by atoms with van der Waals surface area (Å²) in [6, 6.07) is 17.7. The van der Waals surface area contributed by atoms with Crippen LogP contribution in [0.2, 0.25) is 15.1 Å². The maximum atomic E-state index is 12.8. The summed E-state index contributed by atoms with van der Waals surface area (Å²) in [5, 5.41) is 16.4. The molecule has 39 heavy (non-hydrogen) atoms. The SMILES string of the molecule is COc1cc(/C=C2/C(=N)N3N=C(COc4ccccc4)SC3=NC2=O)cc(Cl)c1OCc1ccc(Cl)cc1Cl. The van der Waals surface area contributed by atoms with Crippen molar-refractivity contribution in [1.29, 1.82) is 5.41 Å². The van der Waals surface area contributed by atoms with Crippen LogP contribution in [0.3, 0.4) is 0 Å². The Morgan fingerprint density at radius 3 is 2.54 bits per heavy atom. The van der Waals surface area contributed by atoms with Gasteiger partial charge < -0.3 is 14.2 Å². The molecule has 198 valence electrons. The fraction of sp³-hybridized carbons (Fsp3) is 0.111. The van der Waals surface area contributed by atoms with Gasteiger partial charge in [-0.2, -0.15) is 15.1 Å². The van der Waals surface area contributed by atoms with Gasteiger partial charge in [0.2, 0.25) is 5.17 Å². The molecule has 2 aliphatic rings. The molecule has 0 saturated carbocycles. The van der Waals surface area contributed by atoms with Gasteiger partial charge in [-0.05, 0) is 59.8 Å². The van der Waals surface area contributed by atoms with E-state index in [1.54, 1.807) is 30.3 Å². The van der Waals surface area contributed by atoms with Crippen molar-refractivity contribution in [3.05, 3.63) is 92.4 Å². The van der Waals surface area contributed by atoms with Gasteiger partial charge in [-0.3, -0.25) is 10.2 Å². The number of amidine groups is 2. The van der Waals surface area contributed by atoms with Gasteiger partial charge in [0.25, 0.3) is 5.91 Å². The first-order valence-corrected chi connectivity index (χ1v) is 13.4. The number of halogens is 3. The number of carbonyl (C=O) groups excluding carboxylic acids is 1. The number of nitrogens with one attached hydrogen (secondary N) is 1. The van der Waals surface area contributed by atoms with E-state index in [0.717, 1.165) is 5.56 Å². The van der Waals surface area contributed by atoms with Crippen LogP contribution in [0.1, 0.15) is 11.1 Å². The maximum absolute atomic E-state index is 12.8. The number of nitrogens with zero attached hydrogens (tertiary/aromatic N) is 3. The summed E-state index contributed by atoms with van der Waals surface area (Å²) in [5.41, 5.74) is 1.29. The molecule has 0 atom stereocenters. The Morgan fingerprint density at radius 2 is 1.79 bits per heavy atom. The van der Waals surface area contributed by atoms with Gasteiger partial charge in [-0.25, -0.2) is 0 Å². The first-order chi connectivity index (χ1) is 18.8. The number of benzene rings is 3. The van der Waals surface area contributed by atoms with E-state index in [1.807, 2.05) is 30.3 Å². The van der Waals surface area contributed by atoms with E-state index < -0.39 is 5.91 Å². The van der Waals surface area contributed by atoms with Crippen LogP contribution in [0.25, 0.3) is 6.08 Å². The van der Waals surface area contributed by atoms with E-state index in [0.29, 0.717) is 43.1 Å². The summed E-state index contributed by atoms with van der Waals surface area (Å²) >= 11 is 19.9. The molecule has 3 aromatic carbocycles. The first kappa shape index (κ1) is 27.1. The number of para-hydroxylation sites is 1. The lowest BCUT2D eigenvalue weighted by molar-refractivity contribution is -0.114. The molecule has 0 saturated heterocycles. The summed E-state index contributed by atoms with van der Waals surface area (Å²) in [5.74, 6) is 0.663. The van der Waals surface area contributed by atoms with Crippen LogP contribution in [-0.2, 0) is 11.4 Å². The van der Waals surface area contributed by atoms with Crippen molar-refractivity contribution in [3.63, 3.8) is 0 Å². The van der Waals surface area contributed by atoms with Gasteiger partial charge in [0.05, 0.1) is 17.7 Å². The number of hydrogen-bond donors (Lipinski definition) is 1. The number of rotatable bonds is 8. The van der Waals surface area contributed by atoms with Crippen LogP contribution in [-0.4, -0.2) is 40.7 Å². The number of amides is 1. The second-order valence-electron chi connectivity index (χ2n) is 8.17. The molecule has 5 rings (SSSR count). The minimum atomic E-state index is -0.563. The number of hydrazone groups is 1. The van der Waals surface area contributed by atoms with E-state index in [9.17, 15) is 4.79 Å². The summed E-state index contributed by atoms with van der Waals surface area (Å²) in [6.07, 6.45) is 1.51. The molecule has 0 radical (unpaired) electrons. The lowest BCUT2D eigenvalue weighted by Crippen LogP contribution is -2.35. The highest BCUT2D eigenvalue weighted by atomic mass is 35.5. The minimum absolute atomic E-state index is 0.0491. The fourth-order valence-corrected chi connectivity index (χ4v) is 5.21. The molecule has 1 N–H and O–H groups in total. The fourth-order valence-electron chi connectivity index (χ4n) is 3.67. The second kappa shape index (κ2) is 11.7. The van der Waals surface area contributed by atoms with Crippen LogP contribution >= 0.6 is 46.6 Å². The largest absolute Gasteiger partial charge is 0.493 e. The zero-order chi connectivity index (χ0) is 27.5. The second-order valence-corrected chi connectivity index (χ2v) is 10.5. The topological polar surface area (TPSA) is 96.6 Å². The predicted molar refractivity (Wildman–Crippen MR) is 156 cm³/mol. The maximum Gasteiger partial charge on any atom is 0.283 e. The van der Waals surface area contributed by atoms with Crippen molar-refractivity contribution >= 4 is 74.6 Å². The molecule has 0 fully saturated rings. The van der Waals surface area contributed by atoms with Crippen LogP contribution in [0.15, 0.2) is 76.3 Å². The Labute approximate surface area is 243 Å². The molecule has 0 bridgehead atoms. The van der Waals surface area contributed by atoms with Gasteiger partial charge in [0.1, 0.15) is 24.0 Å². The number of methoxy groups -OCH3 is 1. The highest BCUT2D eigenvalue weighted by Crippen LogP contribution is 2.38. The Bertz CT molecular complexity index is 1560. The number of hydrogen-bond acceptors (Lipinski definition) is 7. The van der Waals surface area contributed by atoms with Crippen molar-refractivity contribution in [3.8, 4) is 17.2 Å². The van der Waals surface area contributed by atoms with E-state index in [4.69, 9.17) is 54.4 Å². The third kappa shape index (κ3) is 6.07. The minimum Gasteiger partial charge on any atom is -0.493 e. The molecule has 0 aromatic heterocycles. The number of thioether (sulfide) groups is 1. The average Bonchev–Trinajstić information content (AvgIpc) is 3.33. The lowest BCUT2D eigenvalue weighted by atomic mass is 10.1. The number of carbonyl (C=O) groups is 1. The summed E-state index contributed by atoms with van der Waals surface area (Å²) in [4.78, 5) is 16.9. The van der Waals surface area contributed by atoms with Crippen molar-refractivity contribution < 1.29 is 19.0 Å². The Hall–Kier alpha value is -3.50. The average molecular weight is 602 g/mol. The van der Waals surface area contributed by atoms with Crippen molar-refractivity contribution in [2.45, 2.75) is 6.61 Å². The van der Waals surface area contributed by atoms with E-state index in [-0.39, 0.29) is 29.6 Å². The zero-order valence-electron chi connectivity index (χ0n) is 20.3. The lowest BCUT2D eigenvalue weighted by Gasteiger charge is -2.20. The van der Waals surface area contributed by atoms with Crippen molar-refractivity contribution in [2.24, 2.45) is 10.1 Å². The molecule has 1 amide bonds. The monoisotopic (exact) mass is 600 g/mol. The number of aliphatic imine (C=N–C) groups is 1. The molecule has 8 nitrogen and oxygen atoms in total. The van der Waals surface area contributed by atoms with E-state index in [2.05, 4.69) is 10.1 Å². The van der Waals surface area contributed by atoms with Crippen LogP contribution in [0, 0.1) is 5.41 Å². The number of ether oxygens (including phenoxy) is 3. The molecule has 0 spiro atoms. The molecule has 0 aliphatic carbocycles. The van der Waals surface area contributed by atoms with Gasteiger partial charge in [0.15, 0.2) is 17.3 Å². The Balaban J connectivity index is 1.34. The van der Waals surface area contributed by atoms with Gasteiger partial charge in [-0.15, -0.1) is 0 Å². The van der Waals surface area contributed by atoms with E-state index in [1.165, 1.54) is 30.0 Å². The molecular weight excluding hydrogens is 583 g/mol. The number of fused-ring (bicyclic) bond motifs is 1. The van der Waals surface area contributed by atoms with Crippen LogP contribution in [0.5, 0.6) is 17.2 Å². The predicted octanol–water partition coefficient (Wildman–Crippen LogP) is 6.93. The zero-order valence-corrected chi connectivity index (χ0v) is 23.4. The Kier molecular flexibility index (Phi) is 8.13. The van der Waals surface area contributed by atoms with Crippen molar-refractivity contribution in [1.82, 2.24) is 5.01 Å². The molecule has 2 aliphatic heterocycles. The summed E-state index contributed by atoms with van der Waals surface area (Å²) in [6.45, 7) is 0.314. The van der Waals surface area contributed by atoms with Gasteiger partial charge >= 0.3 is 0 Å². The standard InChI is InChI=1S/C27H19Cl3N4O4S/c1-36-22-11-15(10-21(30)24(22)38-13-16-7-8-17(28)12-20(16)29)9-19-25(31)34-27(32-26(19)35)39-23(33-34)14-37-18-5-3-2-4-6-18/h2-12,31H,13-14H2,1H3/b19-9-,31-25?. The first-order valence-electron chi connectivity index (χ1n) is 11.4. The van der Waals surface area contributed by atoms with Crippen LogP contribution in [0.4, 0.5) is 0 Å². The Morgan fingerprint density at radius 1 is 1.00 bits per heavy atom. The third-order valence-electron chi connectivity index (χ3n) is 5.55. The highest BCUT2D eigenvalue weighted by molar-refractivity contribution is 8.27. The molecule has 0 unspecified atom stereocenters. The van der Waals surface area contributed by atoms with Gasteiger partial charge in [-0.1, -0.05) is 59.1 Å². The quantitative estimate of drug-likeness (QED) is 0.281. The highest BCUT2D eigenvalue weighted by Gasteiger charge is 2.36. The molecular formula is C27H19Cl3N4O4S. The summed E-state index contributed by atoms with van der Waals surface area (Å²) < 4.78 is 17.1. The normalized spacial score (nSPS) is 15.7. The molecule has 2 heterocycles.